The van der Waals surface area contributed by atoms with Crippen LogP contribution in [0.5, 0.6) is 0 Å². The van der Waals surface area contributed by atoms with Crippen molar-refractivity contribution < 1.29 is 17.6 Å². The summed E-state index contributed by atoms with van der Waals surface area (Å²) in [6, 6.07) is 6.10. The second-order valence-electron chi connectivity index (χ2n) is 4.33. The van der Waals surface area contributed by atoms with Crippen LogP contribution >= 0.6 is 0 Å². The maximum absolute atomic E-state index is 13.5. The molecule has 0 amide bonds. The van der Waals surface area contributed by atoms with Crippen LogP contribution in [0.25, 0.3) is 11.0 Å². The topological polar surface area (TPSA) is 28.7 Å². The molecule has 0 saturated carbocycles. The summed E-state index contributed by atoms with van der Waals surface area (Å²) in [7, 11) is 0. The fraction of sp³-hybridized carbons (Fsp3) is 0.0714. The van der Waals surface area contributed by atoms with Crippen LogP contribution in [0, 0.1) is 23.3 Å². The van der Waals surface area contributed by atoms with Gasteiger partial charge in [-0.1, -0.05) is 12.1 Å². The number of halogens is 4. The van der Waals surface area contributed by atoms with Gasteiger partial charge in [-0.2, -0.15) is 0 Å². The van der Waals surface area contributed by atoms with Gasteiger partial charge < -0.3 is 4.98 Å². The second kappa shape index (κ2) is 4.63. The zero-order chi connectivity index (χ0) is 14.3. The summed E-state index contributed by atoms with van der Waals surface area (Å²) >= 11 is 0. The van der Waals surface area contributed by atoms with Crippen molar-refractivity contribution in [3.8, 4) is 0 Å². The molecular formula is C14H8F4N2. The average Bonchev–Trinajstić information content (AvgIpc) is 2.83. The normalized spacial score (nSPS) is 11.2. The number of aromatic amines is 1. The molecule has 1 aromatic heterocycles. The summed E-state index contributed by atoms with van der Waals surface area (Å²) in [5.41, 5.74) is 0.234. The van der Waals surface area contributed by atoms with E-state index in [2.05, 4.69) is 9.97 Å². The van der Waals surface area contributed by atoms with Gasteiger partial charge in [-0.25, -0.2) is 22.5 Å². The molecule has 2 nitrogen and oxygen atoms in total. The first kappa shape index (κ1) is 12.7. The molecule has 3 aromatic rings. The third-order valence-electron chi connectivity index (χ3n) is 2.98. The smallest absolute Gasteiger partial charge is 0.186 e. The lowest BCUT2D eigenvalue weighted by molar-refractivity contribution is 0.500. The predicted molar refractivity (Wildman–Crippen MR) is 65.2 cm³/mol. The van der Waals surface area contributed by atoms with Crippen molar-refractivity contribution in [3.05, 3.63) is 65.0 Å². The van der Waals surface area contributed by atoms with E-state index in [1.165, 1.54) is 18.2 Å². The number of hydrogen-bond acceptors (Lipinski definition) is 1. The minimum atomic E-state index is -1.07. The molecule has 20 heavy (non-hydrogen) atoms. The molecule has 0 saturated heterocycles. The fourth-order valence-electron chi connectivity index (χ4n) is 2.02. The van der Waals surface area contributed by atoms with E-state index in [-0.39, 0.29) is 23.3 Å². The van der Waals surface area contributed by atoms with Crippen molar-refractivity contribution in [2.75, 3.05) is 0 Å². The quantitative estimate of drug-likeness (QED) is 0.712. The highest BCUT2D eigenvalue weighted by Gasteiger charge is 2.14. The average molecular weight is 280 g/mol. The summed E-state index contributed by atoms with van der Waals surface area (Å²) in [5.74, 6) is -3.78. The van der Waals surface area contributed by atoms with Crippen LogP contribution < -0.4 is 0 Å². The van der Waals surface area contributed by atoms with E-state index in [9.17, 15) is 17.6 Å². The van der Waals surface area contributed by atoms with Gasteiger partial charge in [0.2, 0.25) is 0 Å². The Balaban J connectivity index is 2.03. The Morgan fingerprint density at radius 1 is 0.900 bits per heavy atom. The van der Waals surface area contributed by atoms with Crippen LogP contribution in [-0.2, 0) is 6.42 Å². The highest BCUT2D eigenvalue weighted by atomic mass is 19.2. The molecular weight excluding hydrogens is 272 g/mol. The molecule has 0 atom stereocenters. The van der Waals surface area contributed by atoms with Crippen molar-refractivity contribution in [2.24, 2.45) is 0 Å². The third kappa shape index (κ3) is 2.03. The van der Waals surface area contributed by atoms with Crippen molar-refractivity contribution in [2.45, 2.75) is 6.42 Å². The van der Waals surface area contributed by atoms with Crippen LogP contribution in [0.2, 0.25) is 0 Å². The number of imidazole rings is 1. The molecule has 1 N–H and O–H groups in total. The fourth-order valence-corrected chi connectivity index (χ4v) is 2.02. The molecule has 1 heterocycles. The van der Waals surface area contributed by atoms with Crippen molar-refractivity contribution in [1.82, 2.24) is 9.97 Å². The zero-order valence-electron chi connectivity index (χ0n) is 10.1. The van der Waals surface area contributed by atoms with Gasteiger partial charge in [0.15, 0.2) is 23.3 Å². The Bertz CT molecular complexity index is 795. The number of nitrogens with zero attached hydrogens (tertiary/aromatic N) is 1. The Labute approximate surface area is 111 Å². The lowest BCUT2D eigenvalue weighted by Crippen LogP contribution is -1.97. The number of rotatable bonds is 2. The molecule has 0 aliphatic heterocycles. The Hall–Kier alpha value is -2.37. The molecule has 0 radical (unpaired) electrons. The minimum Gasteiger partial charge on any atom is -0.342 e. The third-order valence-corrected chi connectivity index (χ3v) is 2.98. The number of hydrogen-bond donors (Lipinski definition) is 1. The first-order chi connectivity index (χ1) is 9.56. The summed E-state index contributed by atoms with van der Waals surface area (Å²) in [4.78, 5) is 6.63. The monoisotopic (exact) mass is 280 g/mol. The van der Waals surface area contributed by atoms with Gasteiger partial charge in [0.25, 0.3) is 0 Å². The van der Waals surface area contributed by atoms with Gasteiger partial charge >= 0.3 is 0 Å². The van der Waals surface area contributed by atoms with E-state index in [1.807, 2.05) is 0 Å². The Kier molecular flexibility index (Phi) is 2.93. The maximum Gasteiger partial charge on any atom is 0.186 e. The SMILES string of the molecule is Fc1cccc(Cc2nc3c(F)c(F)ccc3[nH]2)c1F. The van der Waals surface area contributed by atoms with Gasteiger partial charge in [0, 0.05) is 6.42 Å². The van der Waals surface area contributed by atoms with Gasteiger partial charge in [-0.15, -0.1) is 0 Å². The molecule has 0 bridgehead atoms. The van der Waals surface area contributed by atoms with Crippen LogP contribution in [0.1, 0.15) is 11.4 Å². The van der Waals surface area contributed by atoms with Crippen LogP contribution in [0.15, 0.2) is 30.3 Å². The predicted octanol–water partition coefficient (Wildman–Crippen LogP) is 3.71. The molecule has 0 fully saturated rings. The highest BCUT2D eigenvalue weighted by Crippen LogP contribution is 2.20. The van der Waals surface area contributed by atoms with E-state index < -0.39 is 23.3 Å². The number of nitrogens with one attached hydrogen (secondary N) is 1. The first-order valence-corrected chi connectivity index (χ1v) is 5.81. The van der Waals surface area contributed by atoms with Gasteiger partial charge in [0.1, 0.15) is 11.3 Å². The second-order valence-corrected chi connectivity index (χ2v) is 4.33. The molecule has 0 spiro atoms. The number of H-pyrrole nitrogens is 1. The number of aromatic nitrogens is 2. The van der Waals surface area contributed by atoms with Gasteiger partial charge in [0.05, 0.1) is 5.52 Å². The molecule has 3 rings (SSSR count). The van der Waals surface area contributed by atoms with Gasteiger partial charge in [-0.05, 0) is 23.8 Å². The summed E-state index contributed by atoms with van der Waals surface area (Å²) in [6.45, 7) is 0. The number of benzene rings is 2. The molecule has 0 aliphatic carbocycles. The maximum atomic E-state index is 13.5. The van der Waals surface area contributed by atoms with Crippen molar-refractivity contribution >= 4 is 11.0 Å². The van der Waals surface area contributed by atoms with Gasteiger partial charge in [-0.3, -0.25) is 0 Å². The van der Waals surface area contributed by atoms with Crippen LogP contribution in [0.3, 0.4) is 0 Å². The number of fused-ring (bicyclic) bond motifs is 1. The molecule has 102 valence electrons. The van der Waals surface area contributed by atoms with E-state index >= 15 is 0 Å². The summed E-state index contributed by atoms with van der Waals surface area (Å²) < 4.78 is 53.2. The lowest BCUT2D eigenvalue weighted by Gasteiger charge is -2.01. The van der Waals surface area contributed by atoms with Crippen LogP contribution in [0.4, 0.5) is 17.6 Å². The summed E-state index contributed by atoms with van der Waals surface area (Å²) in [6.07, 6.45) is -0.0423. The zero-order valence-corrected chi connectivity index (χ0v) is 10.1. The van der Waals surface area contributed by atoms with Crippen molar-refractivity contribution in [3.63, 3.8) is 0 Å². The molecule has 6 heteroatoms. The Morgan fingerprint density at radius 3 is 2.45 bits per heavy atom. The van der Waals surface area contributed by atoms with E-state index in [1.54, 1.807) is 0 Å². The molecule has 0 unspecified atom stereocenters. The minimum absolute atomic E-state index is 0.0423. The summed E-state index contributed by atoms with van der Waals surface area (Å²) in [5, 5.41) is 0. The molecule has 0 aliphatic rings. The van der Waals surface area contributed by atoms with E-state index in [4.69, 9.17) is 0 Å². The highest BCUT2D eigenvalue weighted by molar-refractivity contribution is 5.75. The lowest BCUT2D eigenvalue weighted by atomic mass is 10.1. The van der Waals surface area contributed by atoms with Crippen LogP contribution in [-0.4, -0.2) is 9.97 Å². The van der Waals surface area contributed by atoms with Crippen molar-refractivity contribution in [1.29, 1.82) is 0 Å². The standard InChI is InChI=1S/C14H8F4N2/c15-8-3-1-2-7(12(8)17)6-11-19-10-5-4-9(16)13(18)14(10)20-11/h1-5H,6H2,(H,19,20). The largest absolute Gasteiger partial charge is 0.342 e. The Morgan fingerprint density at radius 2 is 1.65 bits per heavy atom. The molecule has 2 aromatic carbocycles. The van der Waals surface area contributed by atoms with E-state index in [0.717, 1.165) is 12.1 Å². The van der Waals surface area contributed by atoms with E-state index in [0.29, 0.717) is 5.52 Å². The first-order valence-electron chi connectivity index (χ1n) is 5.81.